The molecule has 0 saturated heterocycles. The van der Waals surface area contributed by atoms with Crippen molar-refractivity contribution >= 4 is 17.4 Å². The van der Waals surface area contributed by atoms with Crippen LogP contribution < -0.4 is 9.75 Å². The Morgan fingerprint density at radius 2 is 1.73 bits per heavy atom. The maximum absolute atomic E-state index is 14.5. The largest absolute Gasteiger partial charge is 0.494 e. The summed E-state index contributed by atoms with van der Waals surface area (Å²) in [5.74, 6) is -1.29. The molecule has 0 N–H and O–H groups in total. The lowest BCUT2D eigenvalue weighted by atomic mass is 9.94. The van der Waals surface area contributed by atoms with E-state index in [1.54, 1.807) is 31.2 Å². The van der Waals surface area contributed by atoms with Gasteiger partial charge < -0.3 is 9.47 Å². The van der Waals surface area contributed by atoms with Gasteiger partial charge in [-0.05, 0) is 79.8 Å². The molecule has 0 amide bonds. The number of anilines is 1. The molecule has 3 aromatic rings. The molecule has 212 valence electrons. The van der Waals surface area contributed by atoms with E-state index < -0.39 is 29.8 Å². The molecule has 0 bridgehead atoms. The minimum absolute atomic E-state index is 0.149. The monoisotopic (exact) mass is 556 g/mol. The number of rotatable bonds is 9. The zero-order valence-corrected chi connectivity index (χ0v) is 22.9. The second kappa shape index (κ2) is 12.1. The van der Waals surface area contributed by atoms with Gasteiger partial charge in [0.05, 0.1) is 31.4 Å². The first-order valence-electron chi connectivity index (χ1n) is 13.2. The van der Waals surface area contributed by atoms with E-state index in [-0.39, 0.29) is 18.8 Å². The lowest BCUT2D eigenvalue weighted by Crippen LogP contribution is -2.37. The average Bonchev–Trinajstić information content (AvgIpc) is 3.23. The summed E-state index contributed by atoms with van der Waals surface area (Å²) in [7, 11) is 0. The van der Waals surface area contributed by atoms with Gasteiger partial charge in [-0.3, -0.25) is 9.80 Å². The number of hydrogen-bond donors (Lipinski definition) is 0. The second-order valence-electron chi connectivity index (χ2n) is 9.75. The highest BCUT2D eigenvalue weighted by atomic mass is 19.4. The van der Waals surface area contributed by atoms with Crippen molar-refractivity contribution in [2.24, 2.45) is 11.0 Å². The lowest BCUT2D eigenvalue weighted by Gasteiger charge is -2.26. The molecule has 9 heteroatoms. The van der Waals surface area contributed by atoms with Crippen LogP contribution in [0.3, 0.4) is 0 Å². The SMILES string of the molecule is CCOC(=O)C[C@H]1[C@H](C)C(C(F)(F)F)=NN1c1ccc(Cc2ccc(-c3cc(OCC)ccc3F)cc2C)cc1. The van der Waals surface area contributed by atoms with E-state index >= 15 is 0 Å². The normalized spacial score (nSPS) is 17.1. The fourth-order valence-corrected chi connectivity index (χ4v) is 4.92. The highest BCUT2D eigenvalue weighted by Crippen LogP contribution is 2.37. The van der Waals surface area contributed by atoms with Gasteiger partial charge in [0.25, 0.3) is 0 Å². The third-order valence-corrected chi connectivity index (χ3v) is 7.01. The van der Waals surface area contributed by atoms with Crippen molar-refractivity contribution in [1.82, 2.24) is 0 Å². The standard InChI is InChI=1S/C31H32F4N2O3/c1-5-39-25-13-14-27(32)26(17-25)23-10-9-22(19(3)15-23)16-21-7-11-24(12-8-21)37-28(18-29(38)40-6-2)20(4)30(36-37)31(33,34)35/h7-15,17,20,28H,5-6,16,18H2,1-4H3/t20-,28-/m0/s1. The van der Waals surface area contributed by atoms with Gasteiger partial charge in [0.2, 0.25) is 0 Å². The highest BCUT2D eigenvalue weighted by Gasteiger charge is 2.48. The van der Waals surface area contributed by atoms with Crippen LogP contribution in [0.5, 0.6) is 5.75 Å². The van der Waals surface area contributed by atoms with Crippen LogP contribution >= 0.6 is 0 Å². The Morgan fingerprint density at radius 1 is 1.00 bits per heavy atom. The van der Waals surface area contributed by atoms with E-state index in [1.807, 2.05) is 44.2 Å². The molecule has 3 aromatic carbocycles. The number of nitrogens with zero attached hydrogens (tertiary/aromatic N) is 2. The molecular formula is C31H32F4N2O3. The number of ether oxygens (including phenoxy) is 2. The lowest BCUT2D eigenvalue weighted by molar-refractivity contribution is -0.143. The molecular weight excluding hydrogens is 524 g/mol. The topological polar surface area (TPSA) is 51.1 Å². The third kappa shape index (κ3) is 6.46. The summed E-state index contributed by atoms with van der Waals surface area (Å²) in [5.41, 5.74) is 3.70. The summed E-state index contributed by atoms with van der Waals surface area (Å²) in [5, 5.41) is 5.15. The van der Waals surface area contributed by atoms with Gasteiger partial charge in [-0.25, -0.2) is 4.39 Å². The number of esters is 1. The van der Waals surface area contributed by atoms with E-state index in [9.17, 15) is 22.4 Å². The number of aryl methyl sites for hydroxylation is 1. The minimum Gasteiger partial charge on any atom is -0.494 e. The molecule has 0 saturated carbocycles. The summed E-state index contributed by atoms with van der Waals surface area (Å²) >= 11 is 0. The maximum atomic E-state index is 14.5. The van der Waals surface area contributed by atoms with Gasteiger partial charge in [-0.1, -0.05) is 37.3 Å². The van der Waals surface area contributed by atoms with Crippen molar-refractivity contribution in [3.05, 3.63) is 83.2 Å². The van der Waals surface area contributed by atoms with Crippen molar-refractivity contribution in [2.75, 3.05) is 18.2 Å². The van der Waals surface area contributed by atoms with Crippen molar-refractivity contribution < 1.29 is 31.8 Å². The first-order chi connectivity index (χ1) is 19.0. The van der Waals surface area contributed by atoms with E-state index in [1.165, 1.54) is 18.0 Å². The molecule has 2 atom stereocenters. The summed E-state index contributed by atoms with van der Waals surface area (Å²) in [6.45, 7) is 7.54. The molecule has 4 rings (SSSR count). The number of halogens is 4. The molecule has 0 aromatic heterocycles. The van der Waals surface area contributed by atoms with Gasteiger partial charge in [0.1, 0.15) is 17.3 Å². The van der Waals surface area contributed by atoms with Crippen LogP contribution in [0.2, 0.25) is 0 Å². The number of hydrazone groups is 1. The van der Waals surface area contributed by atoms with Crippen LogP contribution in [0, 0.1) is 18.7 Å². The Morgan fingerprint density at radius 3 is 2.35 bits per heavy atom. The molecule has 1 heterocycles. The molecule has 0 fully saturated rings. The van der Waals surface area contributed by atoms with Gasteiger partial charge in [-0.15, -0.1) is 0 Å². The molecule has 5 nitrogen and oxygen atoms in total. The van der Waals surface area contributed by atoms with Crippen LogP contribution in [0.15, 0.2) is 65.8 Å². The Balaban J connectivity index is 1.54. The fourth-order valence-electron chi connectivity index (χ4n) is 4.92. The second-order valence-corrected chi connectivity index (χ2v) is 9.75. The van der Waals surface area contributed by atoms with E-state index in [0.29, 0.717) is 30.0 Å². The fraction of sp³-hybridized carbons (Fsp3) is 0.355. The quantitative estimate of drug-likeness (QED) is 0.203. The van der Waals surface area contributed by atoms with Gasteiger partial charge in [-0.2, -0.15) is 18.3 Å². The molecule has 40 heavy (non-hydrogen) atoms. The average molecular weight is 557 g/mol. The summed E-state index contributed by atoms with van der Waals surface area (Å²) in [6.07, 6.45) is -4.23. The van der Waals surface area contributed by atoms with E-state index in [0.717, 1.165) is 22.3 Å². The van der Waals surface area contributed by atoms with Gasteiger partial charge >= 0.3 is 12.1 Å². The molecule has 1 aliphatic rings. The Hall–Kier alpha value is -3.88. The Kier molecular flexibility index (Phi) is 8.81. The van der Waals surface area contributed by atoms with Crippen LogP contribution in [0.25, 0.3) is 11.1 Å². The summed E-state index contributed by atoms with van der Waals surface area (Å²) in [4.78, 5) is 12.1. The van der Waals surface area contributed by atoms with Crippen molar-refractivity contribution in [1.29, 1.82) is 0 Å². The first-order valence-corrected chi connectivity index (χ1v) is 13.2. The molecule has 0 radical (unpaired) electrons. The zero-order chi connectivity index (χ0) is 29.0. The van der Waals surface area contributed by atoms with Crippen LogP contribution in [0.4, 0.5) is 23.2 Å². The van der Waals surface area contributed by atoms with Crippen LogP contribution in [-0.4, -0.2) is 37.1 Å². The number of alkyl halides is 3. The smallest absolute Gasteiger partial charge is 0.431 e. The summed E-state index contributed by atoms with van der Waals surface area (Å²) < 4.78 is 65.9. The summed E-state index contributed by atoms with van der Waals surface area (Å²) in [6, 6.07) is 16.7. The highest BCUT2D eigenvalue weighted by molar-refractivity contribution is 5.96. The van der Waals surface area contributed by atoms with E-state index in [2.05, 4.69) is 5.10 Å². The molecule has 0 unspecified atom stereocenters. The molecule has 1 aliphatic heterocycles. The maximum Gasteiger partial charge on any atom is 0.431 e. The van der Waals surface area contributed by atoms with Crippen molar-refractivity contribution in [3.63, 3.8) is 0 Å². The zero-order valence-electron chi connectivity index (χ0n) is 22.9. The number of hydrogen-bond acceptors (Lipinski definition) is 5. The van der Waals surface area contributed by atoms with Gasteiger partial charge in [0.15, 0.2) is 0 Å². The van der Waals surface area contributed by atoms with Crippen molar-refractivity contribution in [3.8, 4) is 16.9 Å². The predicted octanol–water partition coefficient (Wildman–Crippen LogP) is 7.49. The number of carbonyl (C=O) groups is 1. The third-order valence-electron chi connectivity index (χ3n) is 7.01. The van der Waals surface area contributed by atoms with E-state index in [4.69, 9.17) is 9.47 Å². The minimum atomic E-state index is -4.60. The number of benzene rings is 3. The van der Waals surface area contributed by atoms with Crippen LogP contribution in [-0.2, 0) is 16.0 Å². The van der Waals surface area contributed by atoms with Crippen LogP contribution in [0.1, 0.15) is 43.9 Å². The number of carbonyl (C=O) groups excluding carboxylic acids is 1. The predicted molar refractivity (Wildman–Crippen MR) is 147 cm³/mol. The Bertz CT molecular complexity index is 1390. The molecule has 0 spiro atoms. The van der Waals surface area contributed by atoms with Crippen molar-refractivity contribution in [2.45, 2.75) is 52.8 Å². The van der Waals surface area contributed by atoms with Gasteiger partial charge in [0, 0.05) is 11.5 Å². The molecule has 0 aliphatic carbocycles. The Labute approximate surface area is 231 Å². The first kappa shape index (κ1) is 29.1.